The Morgan fingerprint density at radius 2 is 2.00 bits per heavy atom. The maximum Gasteiger partial charge on any atom is 0.151 e. The zero-order valence-electron chi connectivity index (χ0n) is 11.1. The lowest BCUT2D eigenvalue weighted by atomic mass is 10.1. The van der Waals surface area contributed by atoms with Crippen LogP contribution in [0.5, 0.6) is 0 Å². The molecule has 0 bridgehead atoms. The van der Waals surface area contributed by atoms with Crippen LogP contribution in [0.15, 0.2) is 0 Å². The lowest BCUT2D eigenvalue weighted by Crippen LogP contribution is -2.42. The molecule has 1 unspecified atom stereocenters. The molecular formula is C12H24N2O3S. The Labute approximate surface area is 110 Å². The van der Waals surface area contributed by atoms with Gasteiger partial charge in [-0.3, -0.25) is 0 Å². The van der Waals surface area contributed by atoms with Gasteiger partial charge in [0.15, 0.2) is 9.84 Å². The molecule has 1 N–H and O–H groups in total. The highest BCUT2D eigenvalue weighted by Crippen LogP contribution is 2.13. The summed E-state index contributed by atoms with van der Waals surface area (Å²) in [5.41, 5.74) is 0. The fourth-order valence-corrected chi connectivity index (χ4v) is 4.42. The van der Waals surface area contributed by atoms with Crippen molar-refractivity contribution in [3.8, 4) is 0 Å². The quantitative estimate of drug-likeness (QED) is 0.758. The van der Waals surface area contributed by atoms with Gasteiger partial charge in [0.2, 0.25) is 0 Å². The van der Waals surface area contributed by atoms with E-state index in [1.807, 2.05) is 0 Å². The minimum Gasteiger partial charge on any atom is -0.381 e. The number of nitrogens with one attached hydrogen (secondary N) is 1. The summed E-state index contributed by atoms with van der Waals surface area (Å²) in [5, 5.41) is 3.36. The second kappa shape index (κ2) is 6.32. The summed E-state index contributed by atoms with van der Waals surface area (Å²) in [6.07, 6.45) is 2.98. The van der Waals surface area contributed by atoms with E-state index in [2.05, 4.69) is 17.3 Å². The molecule has 0 radical (unpaired) electrons. The first-order chi connectivity index (χ1) is 8.57. The molecule has 0 spiro atoms. The van der Waals surface area contributed by atoms with Crippen molar-refractivity contribution in [3.63, 3.8) is 0 Å². The molecule has 2 fully saturated rings. The van der Waals surface area contributed by atoms with Crippen LogP contribution < -0.4 is 5.32 Å². The highest BCUT2D eigenvalue weighted by molar-refractivity contribution is 7.91. The number of hydrogen-bond acceptors (Lipinski definition) is 5. The first-order valence-electron chi connectivity index (χ1n) is 6.78. The van der Waals surface area contributed by atoms with Crippen LogP contribution in [0, 0.1) is 0 Å². The van der Waals surface area contributed by atoms with Crippen molar-refractivity contribution in [1.82, 2.24) is 10.2 Å². The Morgan fingerprint density at radius 1 is 1.28 bits per heavy atom. The van der Waals surface area contributed by atoms with Crippen LogP contribution in [0.1, 0.15) is 19.3 Å². The van der Waals surface area contributed by atoms with Crippen LogP contribution in [-0.4, -0.2) is 70.3 Å². The van der Waals surface area contributed by atoms with Gasteiger partial charge in [0.25, 0.3) is 0 Å². The van der Waals surface area contributed by atoms with Gasteiger partial charge in [-0.1, -0.05) is 0 Å². The van der Waals surface area contributed by atoms with E-state index in [1.165, 1.54) is 0 Å². The van der Waals surface area contributed by atoms with Gasteiger partial charge in [-0.2, -0.15) is 0 Å². The molecule has 2 saturated heterocycles. The van der Waals surface area contributed by atoms with E-state index in [-0.39, 0.29) is 6.04 Å². The van der Waals surface area contributed by atoms with Gasteiger partial charge in [0, 0.05) is 38.4 Å². The van der Waals surface area contributed by atoms with Crippen molar-refractivity contribution in [2.45, 2.75) is 31.3 Å². The summed E-state index contributed by atoms with van der Waals surface area (Å²) < 4.78 is 28.0. The molecular weight excluding hydrogens is 252 g/mol. The Balaban J connectivity index is 1.63. The van der Waals surface area contributed by atoms with E-state index in [9.17, 15) is 8.42 Å². The number of likely N-dealkylation sites (N-methyl/N-ethyl adjacent to an activating group) is 1. The van der Waals surface area contributed by atoms with E-state index >= 15 is 0 Å². The Hall–Kier alpha value is -0.170. The fraction of sp³-hybridized carbons (Fsp3) is 1.00. The van der Waals surface area contributed by atoms with Crippen LogP contribution in [0.4, 0.5) is 0 Å². The predicted octanol–water partition coefficient (Wildman–Crippen LogP) is -0.126. The van der Waals surface area contributed by atoms with Gasteiger partial charge >= 0.3 is 0 Å². The average molecular weight is 276 g/mol. The lowest BCUT2D eigenvalue weighted by molar-refractivity contribution is 0.0432. The number of hydrogen-bond donors (Lipinski definition) is 1. The van der Waals surface area contributed by atoms with Gasteiger partial charge in [-0.25, -0.2) is 8.42 Å². The normalized spacial score (nSPS) is 28.9. The molecule has 0 aromatic rings. The van der Waals surface area contributed by atoms with Gasteiger partial charge in [-0.05, 0) is 26.3 Å². The second-order valence-corrected chi connectivity index (χ2v) is 7.61. The number of ether oxygens (including phenoxy) is 1. The topological polar surface area (TPSA) is 58.6 Å². The third-order valence-corrected chi connectivity index (χ3v) is 5.71. The number of nitrogens with zero attached hydrogens (tertiary/aromatic N) is 1. The van der Waals surface area contributed by atoms with Gasteiger partial charge in [0.1, 0.15) is 0 Å². The monoisotopic (exact) mass is 276 g/mol. The van der Waals surface area contributed by atoms with Crippen LogP contribution in [-0.2, 0) is 14.6 Å². The smallest absolute Gasteiger partial charge is 0.151 e. The molecule has 0 aromatic heterocycles. The maximum absolute atomic E-state index is 11.3. The highest BCUT2D eigenvalue weighted by atomic mass is 32.2. The molecule has 0 amide bonds. The van der Waals surface area contributed by atoms with Crippen LogP contribution in [0.25, 0.3) is 0 Å². The Morgan fingerprint density at radius 3 is 2.61 bits per heavy atom. The van der Waals surface area contributed by atoms with E-state index in [4.69, 9.17) is 4.74 Å². The summed E-state index contributed by atoms with van der Waals surface area (Å²) in [6.45, 7) is 3.57. The predicted molar refractivity (Wildman–Crippen MR) is 71.5 cm³/mol. The van der Waals surface area contributed by atoms with Crippen LogP contribution >= 0.6 is 0 Å². The van der Waals surface area contributed by atoms with Crippen LogP contribution in [0.2, 0.25) is 0 Å². The van der Waals surface area contributed by atoms with Crippen molar-refractivity contribution in [2.24, 2.45) is 0 Å². The summed E-state index contributed by atoms with van der Waals surface area (Å²) >= 11 is 0. The lowest BCUT2D eigenvalue weighted by Gasteiger charge is -2.31. The Bertz CT molecular complexity index is 352. The zero-order valence-corrected chi connectivity index (χ0v) is 11.9. The number of sulfone groups is 1. The summed E-state index contributed by atoms with van der Waals surface area (Å²) in [5.74, 6) is 0.661. The largest absolute Gasteiger partial charge is 0.381 e. The summed E-state index contributed by atoms with van der Waals surface area (Å²) in [4.78, 5) is 2.36. The van der Waals surface area contributed by atoms with Crippen molar-refractivity contribution in [1.29, 1.82) is 0 Å². The van der Waals surface area contributed by atoms with Gasteiger partial charge < -0.3 is 15.0 Å². The molecule has 2 aliphatic rings. The summed E-state index contributed by atoms with van der Waals surface area (Å²) in [7, 11) is -0.617. The third-order valence-electron chi connectivity index (χ3n) is 3.94. The molecule has 106 valence electrons. The standard InChI is InChI=1S/C12H24N2O3S/c1-14(12-2-7-17-8-3-12)6-5-13-11-4-9-18(15,16)10-11/h11-13H,2-10H2,1H3. The van der Waals surface area contributed by atoms with E-state index in [0.717, 1.165) is 45.6 Å². The van der Waals surface area contributed by atoms with E-state index in [1.54, 1.807) is 0 Å². The zero-order chi connectivity index (χ0) is 13.0. The molecule has 2 rings (SSSR count). The van der Waals surface area contributed by atoms with Crippen molar-refractivity contribution in [2.75, 3.05) is 44.9 Å². The molecule has 6 heteroatoms. The second-order valence-electron chi connectivity index (χ2n) is 5.38. The van der Waals surface area contributed by atoms with Crippen LogP contribution in [0.3, 0.4) is 0 Å². The molecule has 18 heavy (non-hydrogen) atoms. The molecule has 0 saturated carbocycles. The van der Waals surface area contributed by atoms with Crippen molar-refractivity contribution >= 4 is 9.84 Å². The maximum atomic E-state index is 11.3. The molecule has 0 aromatic carbocycles. The number of rotatable bonds is 5. The SMILES string of the molecule is CN(CCNC1CCS(=O)(=O)C1)C1CCOCC1. The fourth-order valence-electron chi connectivity index (χ4n) is 2.71. The minimum atomic E-state index is -2.76. The molecule has 5 nitrogen and oxygen atoms in total. The first kappa shape index (κ1) is 14.2. The molecule has 2 heterocycles. The highest BCUT2D eigenvalue weighted by Gasteiger charge is 2.27. The van der Waals surface area contributed by atoms with E-state index < -0.39 is 9.84 Å². The Kier molecular flexibility index (Phi) is 5.00. The molecule has 0 aliphatic carbocycles. The van der Waals surface area contributed by atoms with Gasteiger partial charge in [0.05, 0.1) is 11.5 Å². The molecule has 1 atom stereocenters. The van der Waals surface area contributed by atoms with E-state index in [0.29, 0.717) is 17.5 Å². The first-order valence-corrected chi connectivity index (χ1v) is 8.61. The third kappa shape index (κ3) is 4.19. The van der Waals surface area contributed by atoms with Crippen molar-refractivity contribution in [3.05, 3.63) is 0 Å². The summed E-state index contributed by atoms with van der Waals surface area (Å²) in [6, 6.07) is 0.783. The molecule has 2 aliphatic heterocycles. The van der Waals surface area contributed by atoms with Gasteiger partial charge in [-0.15, -0.1) is 0 Å². The minimum absolute atomic E-state index is 0.165. The average Bonchev–Trinajstić information content (AvgIpc) is 2.70. The van der Waals surface area contributed by atoms with Crippen molar-refractivity contribution < 1.29 is 13.2 Å².